The summed E-state index contributed by atoms with van der Waals surface area (Å²) in [5, 5.41) is 12.7. The van der Waals surface area contributed by atoms with E-state index in [9.17, 15) is 18.3 Å². The summed E-state index contributed by atoms with van der Waals surface area (Å²) in [6.45, 7) is 12.5. The number of likely N-dealkylation sites (N-methyl/N-ethyl adjacent to an activating group) is 1. The molecule has 0 aliphatic carbocycles. The molecule has 2 aromatic carbocycles. The summed E-state index contributed by atoms with van der Waals surface area (Å²) in [5.74, 6) is -0.344. The minimum atomic E-state index is -4.20. The highest BCUT2D eigenvalue weighted by molar-refractivity contribution is 7.92. The van der Waals surface area contributed by atoms with Gasteiger partial charge in [-0.05, 0) is 74.9 Å². The van der Waals surface area contributed by atoms with E-state index in [1.807, 2.05) is 39.1 Å². The fraction of sp³-hybridized carbons (Fsp3) is 0.433. The zero-order valence-electron chi connectivity index (χ0n) is 24.2. The van der Waals surface area contributed by atoms with Crippen LogP contribution in [0.5, 0.6) is 5.88 Å². The van der Waals surface area contributed by atoms with E-state index in [4.69, 9.17) is 4.74 Å². The second-order valence-corrected chi connectivity index (χ2v) is 12.6. The maximum absolute atomic E-state index is 13.3. The van der Waals surface area contributed by atoms with Gasteiger partial charge in [-0.2, -0.15) is 4.98 Å². The fourth-order valence-corrected chi connectivity index (χ4v) is 5.72. The molecule has 3 rings (SSSR count). The first-order valence-electron chi connectivity index (χ1n) is 13.5. The number of nitrogens with one attached hydrogen (secondary N) is 2. The van der Waals surface area contributed by atoms with Crippen molar-refractivity contribution >= 4 is 21.9 Å². The molecule has 40 heavy (non-hydrogen) atoms. The number of benzene rings is 2. The van der Waals surface area contributed by atoms with E-state index in [1.54, 1.807) is 6.07 Å². The highest BCUT2D eigenvalue weighted by Crippen LogP contribution is 2.31. The van der Waals surface area contributed by atoms with Gasteiger partial charge in [0.25, 0.3) is 10.0 Å². The summed E-state index contributed by atoms with van der Waals surface area (Å²) in [5.41, 5.74) is 3.18. The molecule has 0 spiro atoms. The van der Waals surface area contributed by atoms with Crippen LogP contribution in [0.1, 0.15) is 62.0 Å². The van der Waals surface area contributed by atoms with E-state index in [0.29, 0.717) is 17.5 Å². The maximum atomic E-state index is 13.3. The molecule has 3 aromatic rings. The van der Waals surface area contributed by atoms with Gasteiger partial charge in [-0.25, -0.2) is 22.9 Å². The average Bonchev–Trinajstić information content (AvgIpc) is 2.86. The Morgan fingerprint density at radius 1 is 0.950 bits per heavy atom. The predicted octanol–water partition coefficient (Wildman–Crippen LogP) is 5.69. The van der Waals surface area contributed by atoms with Crippen LogP contribution in [0.4, 0.5) is 5.95 Å². The van der Waals surface area contributed by atoms with E-state index in [0.717, 1.165) is 35.6 Å². The number of anilines is 1. The standard InChI is InChI=1S/C30H40N4O5S/c1-18(2)14-24(31-7)26(15-19(3)4)39-27-17-25(28-20(5)10-8-11-21(28)6)32-30(33-27)34-40(37,38)23-13-9-12-22(16-23)29(35)36/h8-13,16-19,24,26,31H,14-15H2,1-7H3,(H,35,36)(H,32,33,34)/t24-,26+/m1/s1. The molecule has 0 amide bonds. The summed E-state index contributed by atoms with van der Waals surface area (Å²) in [4.78, 5) is 20.2. The van der Waals surface area contributed by atoms with Gasteiger partial charge in [-0.1, -0.05) is 52.0 Å². The smallest absolute Gasteiger partial charge is 0.335 e. The summed E-state index contributed by atoms with van der Waals surface area (Å²) in [6, 6.07) is 12.8. The molecule has 2 atom stereocenters. The lowest BCUT2D eigenvalue weighted by Gasteiger charge is -2.30. The van der Waals surface area contributed by atoms with Crippen molar-refractivity contribution in [2.45, 2.75) is 71.4 Å². The SMILES string of the molecule is CN[C@H](CC(C)C)[C@H](CC(C)C)Oc1cc(-c2c(C)cccc2C)nc(NS(=O)(=O)c2cccc(C(=O)O)c2)n1. The molecule has 0 radical (unpaired) electrons. The van der Waals surface area contributed by atoms with Crippen molar-refractivity contribution in [1.29, 1.82) is 0 Å². The maximum Gasteiger partial charge on any atom is 0.335 e. The molecule has 0 aliphatic rings. The second-order valence-electron chi connectivity index (χ2n) is 10.9. The largest absolute Gasteiger partial charge is 0.478 e. The summed E-state index contributed by atoms with van der Waals surface area (Å²) in [6.07, 6.45) is 1.44. The van der Waals surface area contributed by atoms with E-state index in [2.05, 4.69) is 47.7 Å². The van der Waals surface area contributed by atoms with E-state index in [1.165, 1.54) is 18.2 Å². The van der Waals surface area contributed by atoms with Crippen LogP contribution in [0.15, 0.2) is 53.4 Å². The number of ether oxygens (including phenoxy) is 1. The molecule has 9 nitrogen and oxygen atoms in total. The number of aromatic nitrogens is 2. The Hall–Kier alpha value is -3.50. The number of hydrogen-bond donors (Lipinski definition) is 3. The van der Waals surface area contributed by atoms with Crippen molar-refractivity contribution in [2.24, 2.45) is 11.8 Å². The Morgan fingerprint density at radius 2 is 1.57 bits per heavy atom. The van der Waals surface area contributed by atoms with Gasteiger partial charge < -0.3 is 15.2 Å². The lowest BCUT2D eigenvalue weighted by atomic mass is 9.93. The van der Waals surface area contributed by atoms with Crippen LogP contribution in [0, 0.1) is 25.7 Å². The number of aryl methyl sites for hydroxylation is 2. The van der Waals surface area contributed by atoms with Crippen LogP contribution in [0.3, 0.4) is 0 Å². The zero-order chi connectivity index (χ0) is 29.6. The van der Waals surface area contributed by atoms with Crippen molar-refractivity contribution in [3.63, 3.8) is 0 Å². The molecular weight excluding hydrogens is 528 g/mol. The summed E-state index contributed by atoms with van der Waals surface area (Å²) in [7, 11) is -2.28. The molecule has 1 aromatic heterocycles. The summed E-state index contributed by atoms with van der Waals surface area (Å²) >= 11 is 0. The minimum absolute atomic E-state index is 0.0555. The molecule has 3 N–H and O–H groups in total. The monoisotopic (exact) mass is 568 g/mol. The number of carboxylic acid groups (broad SMARTS) is 1. The molecular formula is C30H40N4O5S. The third kappa shape index (κ3) is 8.02. The Morgan fingerprint density at radius 3 is 2.15 bits per heavy atom. The van der Waals surface area contributed by atoms with Gasteiger partial charge in [0.15, 0.2) is 0 Å². The first kappa shape index (κ1) is 31.0. The van der Waals surface area contributed by atoms with E-state index >= 15 is 0 Å². The lowest BCUT2D eigenvalue weighted by Crippen LogP contribution is -2.43. The first-order valence-corrected chi connectivity index (χ1v) is 14.9. The van der Waals surface area contributed by atoms with Crippen molar-refractivity contribution in [3.8, 4) is 17.1 Å². The average molecular weight is 569 g/mol. The van der Waals surface area contributed by atoms with Crippen molar-refractivity contribution in [2.75, 3.05) is 11.8 Å². The molecule has 0 bridgehead atoms. The molecule has 0 aliphatic heterocycles. The Kier molecular flexibility index (Phi) is 10.3. The molecule has 1 heterocycles. The molecule has 0 unspecified atom stereocenters. The van der Waals surface area contributed by atoms with Crippen LogP contribution < -0.4 is 14.8 Å². The number of aromatic carboxylic acids is 1. The number of carboxylic acids is 1. The topological polar surface area (TPSA) is 131 Å². The first-order chi connectivity index (χ1) is 18.8. The van der Waals surface area contributed by atoms with Gasteiger partial charge in [0.2, 0.25) is 11.8 Å². The van der Waals surface area contributed by atoms with Crippen LogP contribution >= 0.6 is 0 Å². The van der Waals surface area contributed by atoms with Crippen molar-refractivity contribution in [3.05, 3.63) is 65.2 Å². The number of sulfonamides is 1. The summed E-state index contributed by atoms with van der Waals surface area (Å²) < 4.78 is 35.5. The van der Waals surface area contributed by atoms with Crippen molar-refractivity contribution < 1.29 is 23.1 Å². The van der Waals surface area contributed by atoms with Crippen LogP contribution in [0.25, 0.3) is 11.3 Å². The van der Waals surface area contributed by atoms with E-state index < -0.39 is 16.0 Å². The van der Waals surface area contributed by atoms with Gasteiger partial charge >= 0.3 is 5.97 Å². The second kappa shape index (κ2) is 13.2. The van der Waals surface area contributed by atoms with Gasteiger partial charge in [0.05, 0.1) is 16.2 Å². The van der Waals surface area contributed by atoms with Gasteiger partial charge in [0, 0.05) is 17.7 Å². The zero-order valence-corrected chi connectivity index (χ0v) is 25.0. The minimum Gasteiger partial charge on any atom is -0.478 e. The molecule has 10 heteroatoms. The van der Waals surface area contributed by atoms with Gasteiger partial charge in [0.1, 0.15) is 6.10 Å². The van der Waals surface area contributed by atoms with Crippen LogP contribution in [0.2, 0.25) is 0 Å². The number of nitrogens with zero attached hydrogens (tertiary/aromatic N) is 2. The van der Waals surface area contributed by atoms with Gasteiger partial charge in [-0.15, -0.1) is 0 Å². The van der Waals surface area contributed by atoms with Crippen LogP contribution in [-0.4, -0.2) is 48.7 Å². The highest BCUT2D eigenvalue weighted by atomic mass is 32.2. The van der Waals surface area contributed by atoms with Crippen LogP contribution in [-0.2, 0) is 10.0 Å². The third-order valence-electron chi connectivity index (χ3n) is 6.58. The highest BCUT2D eigenvalue weighted by Gasteiger charge is 2.26. The lowest BCUT2D eigenvalue weighted by molar-refractivity contribution is 0.0696. The fourth-order valence-electron chi connectivity index (χ4n) is 4.73. The van der Waals surface area contributed by atoms with E-state index in [-0.39, 0.29) is 34.4 Å². The van der Waals surface area contributed by atoms with Crippen molar-refractivity contribution in [1.82, 2.24) is 15.3 Å². The number of carbonyl (C=O) groups is 1. The quantitative estimate of drug-likeness (QED) is 0.240. The Balaban J connectivity index is 2.11. The molecule has 0 saturated carbocycles. The third-order valence-corrected chi connectivity index (χ3v) is 7.90. The normalized spacial score (nSPS) is 13.3. The molecule has 0 saturated heterocycles. The Labute approximate surface area is 237 Å². The van der Waals surface area contributed by atoms with Gasteiger partial charge in [-0.3, -0.25) is 0 Å². The number of hydrogen-bond acceptors (Lipinski definition) is 7. The molecule has 0 fully saturated rings. The molecule has 216 valence electrons. The predicted molar refractivity (Wildman–Crippen MR) is 157 cm³/mol. The number of rotatable bonds is 13. The Bertz CT molecular complexity index is 1420.